The van der Waals surface area contributed by atoms with E-state index in [4.69, 9.17) is 9.47 Å². The number of methoxy groups -OCH3 is 2. The van der Waals surface area contributed by atoms with Crippen LogP contribution in [0, 0.1) is 5.82 Å². The molecule has 7 nitrogen and oxygen atoms in total. The Bertz CT molecular complexity index is 1100. The van der Waals surface area contributed by atoms with E-state index in [2.05, 4.69) is 5.32 Å². The summed E-state index contributed by atoms with van der Waals surface area (Å²) in [7, 11) is 3.06. The summed E-state index contributed by atoms with van der Waals surface area (Å²) in [6.07, 6.45) is 4.27. The van der Waals surface area contributed by atoms with Gasteiger partial charge in [0, 0.05) is 36.4 Å². The summed E-state index contributed by atoms with van der Waals surface area (Å²) in [6.45, 7) is 0.0820. The number of carbonyl (C=O) groups excluding carboxylic acids is 3. The molecule has 1 saturated heterocycles. The van der Waals surface area contributed by atoms with Crippen LogP contribution in [0.5, 0.6) is 11.5 Å². The molecule has 0 atom stereocenters. The van der Waals surface area contributed by atoms with Gasteiger partial charge in [0.2, 0.25) is 5.91 Å². The van der Waals surface area contributed by atoms with Crippen molar-refractivity contribution >= 4 is 41.0 Å². The molecule has 2 aromatic carbocycles. The summed E-state index contributed by atoms with van der Waals surface area (Å²) < 4.78 is 24.2. The third-order valence-electron chi connectivity index (χ3n) is 4.55. The molecule has 3 rings (SSSR count). The van der Waals surface area contributed by atoms with E-state index in [9.17, 15) is 18.8 Å². The Morgan fingerprint density at radius 1 is 1.12 bits per heavy atom. The number of nitrogens with one attached hydrogen (secondary N) is 1. The molecule has 1 N–H and O–H groups in total. The van der Waals surface area contributed by atoms with Crippen molar-refractivity contribution in [3.8, 4) is 11.5 Å². The van der Waals surface area contributed by atoms with E-state index < -0.39 is 22.9 Å². The van der Waals surface area contributed by atoms with Gasteiger partial charge in [-0.25, -0.2) is 4.39 Å². The molecule has 32 heavy (non-hydrogen) atoms. The third-order valence-corrected chi connectivity index (χ3v) is 5.46. The molecule has 0 aromatic heterocycles. The predicted molar refractivity (Wildman–Crippen MR) is 121 cm³/mol. The highest BCUT2D eigenvalue weighted by atomic mass is 32.2. The molecule has 0 bridgehead atoms. The van der Waals surface area contributed by atoms with Crippen LogP contribution < -0.4 is 14.8 Å². The average molecular weight is 456 g/mol. The normalized spacial score (nSPS) is 15.0. The summed E-state index contributed by atoms with van der Waals surface area (Å²) in [5.74, 6) is -0.211. The van der Waals surface area contributed by atoms with Crippen LogP contribution in [0.15, 0.2) is 53.4 Å². The first-order valence-corrected chi connectivity index (χ1v) is 10.4. The molecule has 1 aliphatic heterocycles. The van der Waals surface area contributed by atoms with Crippen LogP contribution in [0.2, 0.25) is 0 Å². The summed E-state index contributed by atoms with van der Waals surface area (Å²) in [5, 5.41) is 2.16. The van der Waals surface area contributed by atoms with Crippen molar-refractivity contribution in [1.82, 2.24) is 10.2 Å². The minimum Gasteiger partial charge on any atom is -0.497 e. The predicted octanol–water partition coefficient (Wildman–Crippen LogP) is 3.71. The second-order valence-corrected chi connectivity index (χ2v) is 7.58. The molecule has 1 fully saturated rings. The van der Waals surface area contributed by atoms with Crippen LogP contribution in [0.4, 0.5) is 9.18 Å². The number of nitrogens with zero attached hydrogens (tertiary/aromatic N) is 1. The van der Waals surface area contributed by atoms with Crippen molar-refractivity contribution in [3.63, 3.8) is 0 Å². The Morgan fingerprint density at radius 3 is 2.62 bits per heavy atom. The molecule has 0 saturated carbocycles. The SMILES string of the molecule is COc1ccc(/C=C/C(=O)NCCN2C(=O)S/C(=C\c3ccccc3F)C2=O)c(OC)c1. The van der Waals surface area contributed by atoms with E-state index in [1.165, 1.54) is 31.4 Å². The number of thioether (sulfide) groups is 1. The van der Waals surface area contributed by atoms with E-state index in [1.54, 1.807) is 43.5 Å². The van der Waals surface area contributed by atoms with Crippen molar-refractivity contribution in [1.29, 1.82) is 0 Å². The first-order valence-electron chi connectivity index (χ1n) is 9.60. The highest BCUT2D eigenvalue weighted by molar-refractivity contribution is 8.18. The van der Waals surface area contributed by atoms with Crippen molar-refractivity contribution in [2.45, 2.75) is 0 Å². The molecule has 3 amide bonds. The van der Waals surface area contributed by atoms with E-state index in [1.807, 2.05) is 0 Å². The number of benzene rings is 2. The monoisotopic (exact) mass is 456 g/mol. The third kappa shape index (κ3) is 5.55. The molecular formula is C23H21FN2O5S. The van der Waals surface area contributed by atoms with Gasteiger partial charge in [0.05, 0.1) is 19.1 Å². The van der Waals surface area contributed by atoms with Gasteiger partial charge in [-0.05, 0) is 42.1 Å². The van der Waals surface area contributed by atoms with Crippen LogP contribution in [0.25, 0.3) is 12.2 Å². The Morgan fingerprint density at radius 2 is 1.91 bits per heavy atom. The fraction of sp³-hybridized carbons (Fsp3) is 0.174. The highest BCUT2D eigenvalue weighted by Gasteiger charge is 2.34. The van der Waals surface area contributed by atoms with Crippen molar-refractivity contribution in [2.75, 3.05) is 27.3 Å². The fourth-order valence-corrected chi connectivity index (χ4v) is 3.75. The molecule has 1 aliphatic rings. The van der Waals surface area contributed by atoms with Gasteiger partial charge in [0.25, 0.3) is 11.1 Å². The van der Waals surface area contributed by atoms with Gasteiger partial charge < -0.3 is 14.8 Å². The van der Waals surface area contributed by atoms with Crippen LogP contribution >= 0.6 is 11.8 Å². The molecule has 0 spiro atoms. The van der Waals surface area contributed by atoms with E-state index in [-0.39, 0.29) is 23.6 Å². The first-order chi connectivity index (χ1) is 15.4. The highest BCUT2D eigenvalue weighted by Crippen LogP contribution is 2.32. The topological polar surface area (TPSA) is 84.9 Å². The van der Waals surface area contributed by atoms with Crippen molar-refractivity contribution in [3.05, 3.63) is 70.4 Å². The number of carbonyl (C=O) groups is 3. The number of amides is 3. The summed E-state index contributed by atoms with van der Waals surface area (Å²) in [6, 6.07) is 11.2. The fourth-order valence-electron chi connectivity index (χ4n) is 2.90. The number of hydrogen-bond donors (Lipinski definition) is 1. The maximum absolute atomic E-state index is 13.8. The Kier molecular flexibility index (Phi) is 7.67. The number of halogens is 1. The minimum atomic E-state index is -0.518. The van der Waals surface area contributed by atoms with Gasteiger partial charge in [-0.2, -0.15) is 0 Å². The van der Waals surface area contributed by atoms with Crippen molar-refractivity contribution in [2.24, 2.45) is 0 Å². The smallest absolute Gasteiger partial charge is 0.293 e. The zero-order valence-electron chi connectivity index (χ0n) is 17.5. The molecule has 0 aliphatic carbocycles. The Balaban J connectivity index is 1.55. The van der Waals surface area contributed by atoms with Gasteiger partial charge in [-0.3, -0.25) is 19.3 Å². The second kappa shape index (κ2) is 10.6. The summed E-state index contributed by atoms with van der Waals surface area (Å²) >= 11 is 0.740. The van der Waals surface area contributed by atoms with Gasteiger partial charge >= 0.3 is 0 Å². The standard InChI is InChI=1S/C23H21FN2O5S/c1-30-17-9-7-15(19(14-17)31-2)8-10-21(27)25-11-12-26-22(28)20(32-23(26)29)13-16-5-3-4-6-18(16)24/h3-10,13-14H,11-12H2,1-2H3,(H,25,27)/b10-8+,20-13-. The molecular weight excluding hydrogens is 435 g/mol. The largest absolute Gasteiger partial charge is 0.497 e. The molecule has 9 heteroatoms. The van der Waals surface area contributed by atoms with Crippen LogP contribution in [0.1, 0.15) is 11.1 Å². The van der Waals surface area contributed by atoms with E-state index in [0.717, 1.165) is 16.7 Å². The van der Waals surface area contributed by atoms with E-state index >= 15 is 0 Å². The quantitative estimate of drug-likeness (QED) is 0.610. The Labute approximate surface area is 188 Å². The number of ether oxygens (including phenoxy) is 2. The lowest BCUT2D eigenvalue weighted by Crippen LogP contribution is -2.36. The van der Waals surface area contributed by atoms with Gasteiger partial charge in [0.15, 0.2) is 0 Å². The molecule has 1 heterocycles. The zero-order valence-corrected chi connectivity index (χ0v) is 18.3. The Hall–Kier alpha value is -3.59. The maximum atomic E-state index is 13.8. The number of imide groups is 1. The maximum Gasteiger partial charge on any atom is 0.293 e. The zero-order chi connectivity index (χ0) is 23.1. The summed E-state index contributed by atoms with van der Waals surface area (Å²) in [5.41, 5.74) is 0.915. The van der Waals surface area contributed by atoms with Crippen LogP contribution in [0.3, 0.4) is 0 Å². The second-order valence-electron chi connectivity index (χ2n) is 6.59. The lowest BCUT2D eigenvalue weighted by atomic mass is 10.1. The van der Waals surface area contributed by atoms with Gasteiger partial charge in [-0.15, -0.1) is 0 Å². The molecule has 0 unspecified atom stereocenters. The lowest BCUT2D eigenvalue weighted by molar-refractivity contribution is -0.123. The van der Waals surface area contributed by atoms with Crippen molar-refractivity contribution < 1.29 is 28.2 Å². The van der Waals surface area contributed by atoms with Crippen LogP contribution in [-0.2, 0) is 9.59 Å². The van der Waals surface area contributed by atoms with E-state index in [0.29, 0.717) is 17.1 Å². The lowest BCUT2D eigenvalue weighted by Gasteiger charge is -2.12. The number of rotatable bonds is 8. The average Bonchev–Trinajstić information content (AvgIpc) is 3.06. The molecule has 2 aromatic rings. The molecule has 166 valence electrons. The van der Waals surface area contributed by atoms with Crippen LogP contribution in [-0.4, -0.2) is 49.3 Å². The first kappa shape index (κ1) is 23.1. The summed E-state index contributed by atoms with van der Waals surface area (Å²) in [4.78, 5) is 37.9. The molecule has 0 radical (unpaired) electrons. The minimum absolute atomic E-state index is 0.00468. The van der Waals surface area contributed by atoms with Gasteiger partial charge in [0.1, 0.15) is 17.3 Å². The number of hydrogen-bond acceptors (Lipinski definition) is 6. The van der Waals surface area contributed by atoms with Gasteiger partial charge in [-0.1, -0.05) is 18.2 Å².